The van der Waals surface area contributed by atoms with Gasteiger partial charge in [0.25, 0.3) is 0 Å². The van der Waals surface area contributed by atoms with E-state index in [0.29, 0.717) is 19.8 Å². The summed E-state index contributed by atoms with van der Waals surface area (Å²) in [6.07, 6.45) is 5.28. The van der Waals surface area contributed by atoms with Crippen LogP contribution in [0.2, 0.25) is 0 Å². The Morgan fingerprint density at radius 2 is 1.63 bits per heavy atom. The summed E-state index contributed by atoms with van der Waals surface area (Å²) in [5.41, 5.74) is 3.33. The van der Waals surface area contributed by atoms with Gasteiger partial charge in [0.15, 0.2) is 0 Å². The maximum absolute atomic E-state index is 6.58. The van der Waals surface area contributed by atoms with E-state index >= 15 is 0 Å². The number of imidazole rings is 1. The summed E-state index contributed by atoms with van der Waals surface area (Å²) in [6.45, 7) is 1.36. The zero-order valence-electron chi connectivity index (χ0n) is 19.3. The first kappa shape index (κ1) is 21.6. The second-order valence-corrected chi connectivity index (χ2v) is 8.80. The van der Waals surface area contributed by atoms with Crippen molar-refractivity contribution in [3.05, 3.63) is 121 Å². The topological polar surface area (TPSA) is 45.5 Å². The average Bonchev–Trinajstić information content (AvgIpc) is 3.59. The quantitative estimate of drug-likeness (QED) is 0.295. The molecule has 0 spiro atoms. The number of hydrogen-bond acceptors (Lipinski definition) is 4. The minimum Gasteiger partial charge on any atom is -0.491 e. The van der Waals surface area contributed by atoms with Crippen molar-refractivity contribution in [2.24, 2.45) is 0 Å². The number of ether oxygens (including phenoxy) is 3. The van der Waals surface area contributed by atoms with Gasteiger partial charge in [-0.1, -0.05) is 78.9 Å². The van der Waals surface area contributed by atoms with Gasteiger partial charge >= 0.3 is 0 Å². The molecule has 5 heteroatoms. The minimum atomic E-state index is -0.907. The summed E-state index contributed by atoms with van der Waals surface area (Å²) in [7, 11) is 0. The van der Waals surface area contributed by atoms with Gasteiger partial charge in [0.2, 0.25) is 5.79 Å². The fourth-order valence-corrected chi connectivity index (χ4v) is 4.58. The normalized spacial score (nSPS) is 19.7. The first-order valence-electron chi connectivity index (χ1n) is 11.8. The highest BCUT2D eigenvalue weighted by Gasteiger charge is 2.44. The van der Waals surface area contributed by atoms with Crippen molar-refractivity contribution in [1.29, 1.82) is 0 Å². The van der Waals surface area contributed by atoms with Crippen molar-refractivity contribution < 1.29 is 14.2 Å². The van der Waals surface area contributed by atoms with E-state index in [0.717, 1.165) is 22.3 Å². The lowest BCUT2D eigenvalue weighted by Crippen LogP contribution is -2.34. The van der Waals surface area contributed by atoms with Gasteiger partial charge < -0.3 is 18.8 Å². The highest BCUT2D eigenvalue weighted by Crippen LogP contribution is 2.37. The second-order valence-electron chi connectivity index (χ2n) is 8.80. The van der Waals surface area contributed by atoms with Crippen LogP contribution in [-0.2, 0) is 21.8 Å². The Bertz CT molecular complexity index is 1400. The van der Waals surface area contributed by atoms with Crippen molar-refractivity contribution in [3.63, 3.8) is 0 Å². The number of aromatic nitrogens is 2. The summed E-state index contributed by atoms with van der Waals surface area (Å²) in [4.78, 5) is 4.19. The van der Waals surface area contributed by atoms with E-state index in [2.05, 4.69) is 59.6 Å². The summed E-state index contributed by atoms with van der Waals surface area (Å²) >= 11 is 0. The van der Waals surface area contributed by atoms with Gasteiger partial charge in [-0.05, 0) is 40.1 Å². The van der Waals surface area contributed by atoms with E-state index in [-0.39, 0.29) is 6.10 Å². The van der Waals surface area contributed by atoms with Crippen molar-refractivity contribution in [1.82, 2.24) is 9.55 Å². The molecule has 1 saturated heterocycles. The predicted octanol–water partition coefficient (Wildman–Crippen LogP) is 6.05. The Morgan fingerprint density at radius 1 is 0.857 bits per heavy atom. The molecule has 1 aromatic heterocycles. The van der Waals surface area contributed by atoms with Crippen LogP contribution in [0.15, 0.2) is 116 Å². The molecule has 4 aromatic carbocycles. The fourth-order valence-electron chi connectivity index (χ4n) is 4.58. The van der Waals surface area contributed by atoms with Gasteiger partial charge in [0.05, 0.1) is 19.5 Å². The number of rotatable bonds is 7. The zero-order chi connectivity index (χ0) is 23.5. The number of benzene rings is 4. The van der Waals surface area contributed by atoms with Crippen molar-refractivity contribution in [2.75, 3.05) is 13.2 Å². The van der Waals surface area contributed by atoms with Gasteiger partial charge in [0.1, 0.15) is 18.5 Å². The molecule has 0 saturated carbocycles. The Morgan fingerprint density at radius 3 is 2.43 bits per heavy atom. The maximum Gasteiger partial charge on any atom is 0.214 e. The molecular formula is C30H26N2O3. The van der Waals surface area contributed by atoms with E-state index < -0.39 is 5.79 Å². The molecule has 2 atom stereocenters. The second kappa shape index (κ2) is 9.37. The van der Waals surface area contributed by atoms with E-state index in [4.69, 9.17) is 14.2 Å². The summed E-state index contributed by atoms with van der Waals surface area (Å²) in [6, 6.07) is 33.1. The highest BCUT2D eigenvalue weighted by molar-refractivity contribution is 5.83. The van der Waals surface area contributed by atoms with E-state index in [1.807, 2.05) is 53.2 Å². The van der Waals surface area contributed by atoms with Gasteiger partial charge in [-0.25, -0.2) is 4.98 Å². The molecule has 0 radical (unpaired) electrons. The molecule has 0 aliphatic carbocycles. The third-order valence-electron chi connectivity index (χ3n) is 6.40. The number of hydrogen-bond donors (Lipinski definition) is 0. The molecule has 1 fully saturated rings. The van der Waals surface area contributed by atoms with Gasteiger partial charge in [-0.2, -0.15) is 0 Å². The summed E-state index contributed by atoms with van der Waals surface area (Å²) < 4.78 is 21.0. The summed E-state index contributed by atoms with van der Waals surface area (Å²) in [5, 5.41) is 2.34. The Kier molecular flexibility index (Phi) is 5.78. The van der Waals surface area contributed by atoms with Crippen LogP contribution in [-0.4, -0.2) is 28.9 Å². The Labute approximate surface area is 204 Å². The third-order valence-corrected chi connectivity index (χ3v) is 6.40. The molecule has 0 bridgehead atoms. The molecule has 174 valence electrons. The van der Waals surface area contributed by atoms with Crippen LogP contribution >= 0.6 is 0 Å². The smallest absolute Gasteiger partial charge is 0.214 e. The largest absolute Gasteiger partial charge is 0.491 e. The first-order chi connectivity index (χ1) is 17.3. The molecule has 35 heavy (non-hydrogen) atoms. The fraction of sp³-hybridized carbons (Fsp3) is 0.167. The Balaban J connectivity index is 1.19. The molecule has 1 aliphatic rings. The molecule has 2 heterocycles. The van der Waals surface area contributed by atoms with Gasteiger partial charge in [-0.15, -0.1) is 0 Å². The molecule has 0 N–H and O–H groups in total. The number of fused-ring (bicyclic) bond motifs is 1. The van der Waals surface area contributed by atoms with E-state index in [1.165, 1.54) is 10.9 Å². The molecule has 6 rings (SSSR count). The predicted molar refractivity (Wildman–Crippen MR) is 136 cm³/mol. The van der Waals surface area contributed by atoms with Crippen LogP contribution < -0.4 is 4.74 Å². The van der Waals surface area contributed by atoms with Gasteiger partial charge in [-0.3, -0.25) is 0 Å². The zero-order valence-corrected chi connectivity index (χ0v) is 19.3. The molecule has 1 aliphatic heterocycles. The lowest BCUT2D eigenvalue weighted by atomic mass is 10.0. The van der Waals surface area contributed by atoms with Crippen molar-refractivity contribution >= 4 is 10.8 Å². The van der Waals surface area contributed by atoms with Crippen LogP contribution in [0, 0.1) is 0 Å². The van der Waals surface area contributed by atoms with Crippen LogP contribution in [0.1, 0.15) is 5.56 Å². The van der Waals surface area contributed by atoms with Crippen LogP contribution in [0.25, 0.3) is 21.9 Å². The number of nitrogens with zero attached hydrogens (tertiary/aromatic N) is 2. The molecule has 5 nitrogen and oxygen atoms in total. The average molecular weight is 463 g/mol. The monoisotopic (exact) mass is 462 g/mol. The molecule has 5 aromatic rings. The van der Waals surface area contributed by atoms with Crippen molar-refractivity contribution in [2.45, 2.75) is 18.4 Å². The minimum absolute atomic E-state index is 0.196. The molecular weight excluding hydrogens is 436 g/mol. The van der Waals surface area contributed by atoms with E-state index in [1.54, 1.807) is 12.5 Å². The molecule has 2 unspecified atom stereocenters. The standard InChI is InChI=1S/C30H26N2O3/c1-2-6-23(7-3-1)25-11-14-28(15-12-25)33-19-29-20-34-30(35-29,21-32-17-16-31-22-32)27-13-10-24-8-4-5-9-26(24)18-27/h1-18,22,29H,19-21H2. The summed E-state index contributed by atoms with van der Waals surface area (Å²) in [5.74, 6) is -0.0956. The van der Waals surface area contributed by atoms with E-state index in [9.17, 15) is 0 Å². The maximum atomic E-state index is 6.58. The first-order valence-corrected chi connectivity index (χ1v) is 11.8. The third kappa shape index (κ3) is 4.56. The van der Waals surface area contributed by atoms with Crippen LogP contribution in [0.3, 0.4) is 0 Å². The van der Waals surface area contributed by atoms with Gasteiger partial charge in [0, 0.05) is 18.0 Å². The lowest BCUT2D eigenvalue weighted by Gasteiger charge is -2.29. The van der Waals surface area contributed by atoms with Crippen molar-refractivity contribution in [3.8, 4) is 16.9 Å². The lowest BCUT2D eigenvalue weighted by molar-refractivity contribution is -0.189. The van der Waals surface area contributed by atoms with Crippen LogP contribution in [0.4, 0.5) is 0 Å². The SMILES string of the molecule is c1ccc(-c2ccc(OCC3COC(Cn4ccnc4)(c4ccc5ccccc5c4)O3)cc2)cc1. The highest BCUT2D eigenvalue weighted by atomic mass is 16.8. The Hall–Kier alpha value is -3.93. The molecule has 0 amide bonds. The van der Waals surface area contributed by atoms with Crippen LogP contribution in [0.5, 0.6) is 5.75 Å².